The maximum atomic E-state index is 11.0. The van der Waals surface area contributed by atoms with Crippen molar-refractivity contribution in [2.75, 3.05) is 18.0 Å². The molecule has 5 nitrogen and oxygen atoms in total. The number of carbonyl (C=O) groups is 1. The summed E-state index contributed by atoms with van der Waals surface area (Å²) < 4.78 is 0. The molecule has 1 aliphatic heterocycles. The molecule has 0 atom stereocenters. The highest BCUT2D eigenvalue weighted by atomic mass is 16.4. The summed E-state index contributed by atoms with van der Waals surface area (Å²) in [6.45, 7) is 1.58. The molecule has 0 amide bonds. The first-order valence-corrected chi connectivity index (χ1v) is 7.06. The van der Waals surface area contributed by atoms with E-state index >= 15 is 0 Å². The average Bonchev–Trinajstić information content (AvgIpc) is 2.47. The second kappa shape index (κ2) is 5.15. The maximum Gasteiger partial charge on any atom is 0.306 e. The fraction of sp³-hybridized carbons (Fsp3) is 0.643. The first kappa shape index (κ1) is 12.4. The van der Waals surface area contributed by atoms with Crippen LogP contribution in [0, 0.1) is 5.92 Å². The van der Waals surface area contributed by atoms with E-state index in [2.05, 4.69) is 14.9 Å². The van der Waals surface area contributed by atoms with Crippen LogP contribution in [0.15, 0.2) is 6.33 Å². The van der Waals surface area contributed by atoms with Crippen LogP contribution in [-0.4, -0.2) is 34.1 Å². The van der Waals surface area contributed by atoms with Crippen LogP contribution in [0.2, 0.25) is 0 Å². The highest BCUT2D eigenvalue weighted by molar-refractivity contribution is 5.70. The molecule has 0 aromatic carbocycles. The monoisotopic (exact) mass is 261 g/mol. The Hall–Kier alpha value is -1.65. The van der Waals surface area contributed by atoms with Gasteiger partial charge in [0.1, 0.15) is 12.1 Å². The molecule has 102 valence electrons. The molecule has 2 heterocycles. The van der Waals surface area contributed by atoms with E-state index in [1.807, 2.05) is 0 Å². The summed E-state index contributed by atoms with van der Waals surface area (Å²) >= 11 is 0. The van der Waals surface area contributed by atoms with Crippen LogP contribution >= 0.6 is 0 Å². The summed E-state index contributed by atoms with van der Waals surface area (Å²) in [5.74, 6) is 0.201. The van der Waals surface area contributed by atoms with Crippen molar-refractivity contribution in [2.45, 2.75) is 38.5 Å². The van der Waals surface area contributed by atoms with Crippen molar-refractivity contribution in [3.63, 3.8) is 0 Å². The molecule has 0 unspecified atom stereocenters. The number of anilines is 1. The lowest BCUT2D eigenvalue weighted by Crippen LogP contribution is -2.37. The second-order valence-corrected chi connectivity index (χ2v) is 5.43. The Bertz CT molecular complexity index is 482. The van der Waals surface area contributed by atoms with Crippen LogP contribution in [0.25, 0.3) is 0 Å². The van der Waals surface area contributed by atoms with Gasteiger partial charge in [0.15, 0.2) is 0 Å². The third-order valence-corrected chi connectivity index (χ3v) is 4.25. The van der Waals surface area contributed by atoms with Gasteiger partial charge in [0.2, 0.25) is 0 Å². The van der Waals surface area contributed by atoms with Crippen molar-refractivity contribution < 1.29 is 9.90 Å². The smallest absolute Gasteiger partial charge is 0.306 e. The summed E-state index contributed by atoms with van der Waals surface area (Å²) in [6.07, 6.45) is 7.62. The molecule has 0 radical (unpaired) electrons. The van der Waals surface area contributed by atoms with Crippen molar-refractivity contribution in [3.05, 3.63) is 17.6 Å². The lowest BCUT2D eigenvalue weighted by atomic mass is 9.94. The van der Waals surface area contributed by atoms with E-state index in [1.54, 1.807) is 6.33 Å². The van der Waals surface area contributed by atoms with Gasteiger partial charge < -0.3 is 10.0 Å². The van der Waals surface area contributed by atoms with Gasteiger partial charge in [-0.1, -0.05) is 0 Å². The zero-order valence-electron chi connectivity index (χ0n) is 11.0. The van der Waals surface area contributed by atoms with Crippen molar-refractivity contribution in [3.8, 4) is 0 Å². The van der Waals surface area contributed by atoms with Gasteiger partial charge in [-0.3, -0.25) is 4.79 Å². The van der Waals surface area contributed by atoms with Crippen molar-refractivity contribution in [1.82, 2.24) is 9.97 Å². The van der Waals surface area contributed by atoms with Crippen LogP contribution in [0.1, 0.15) is 36.9 Å². The number of hydrogen-bond donors (Lipinski definition) is 1. The van der Waals surface area contributed by atoms with E-state index in [0.717, 1.165) is 31.7 Å². The minimum absolute atomic E-state index is 0.186. The highest BCUT2D eigenvalue weighted by Gasteiger charge is 2.27. The molecule has 2 aliphatic rings. The van der Waals surface area contributed by atoms with Crippen LogP contribution in [0.5, 0.6) is 0 Å². The van der Waals surface area contributed by atoms with Gasteiger partial charge in [-0.25, -0.2) is 9.97 Å². The number of carboxylic acids is 1. The molecule has 1 aliphatic carbocycles. The fourth-order valence-electron chi connectivity index (χ4n) is 3.11. The Morgan fingerprint density at radius 1 is 1.21 bits per heavy atom. The summed E-state index contributed by atoms with van der Waals surface area (Å²) in [5, 5.41) is 9.04. The third kappa shape index (κ3) is 2.41. The number of fused-ring (bicyclic) bond motifs is 1. The fourth-order valence-corrected chi connectivity index (χ4v) is 3.11. The first-order chi connectivity index (χ1) is 9.25. The maximum absolute atomic E-state index is 11.0. The number of aryl methyl sites for hydroxylation is 1. The Kier molecular flexibility index (Phi) is 3.36. The Balaban J connectivity index is 1.78. The molecule has 1 aromatic rings. The van der Waals surface area contributed by atoms with Gasteiger partial charge in [0, 0.05) is 24.3 Å². The standard InChI is InChI=1S/C14H19N3O2/c18-14(19)10-5-7-17(8-6-10)13-11-3-1-2-4-12(11)15-9-16-13/h9-10H,1-8H2,(H,18,19). The molecule has 5 heteroatoms. The van der Waals surface area contributed by atoms with E-state index in [-0.39, 0.29) is 5.92 Å². The third-order valence-electron chi connectivity index (χ3n) is 4.25. The highest BCUT2D eigenvalue weighted by Crippen LogP contribution is 2.29. The van der Waals surface area contributed by atoms with E-state index in [4.69, 9.17) is 5.11 Å². The van der Waals surface area contributed by atoms with E-state index in [1.165, 1.54) is 24.1 Å². The lowest BCUT2D eigenvalue weighted by molar-refractivity contribution is -0.142. The predicted octanol–water partition coefficient (Wildman–Crippen LogP) is 1.66. The minimum atomic E-state index is -0.663. The number of hydrogen-bond acceptors (Lipinski definition) is 4. The summed E-state index contributed by atoms with van der Waals surface area (Å²) in [7, 11) is 0. The van der Waals surface area contributed by atoms with Gasteiger partial charge in [-0.15, -0.1) is 0 Å². The van der Waals surface area contributed by atoms with E-state index in [0.29, 0.717) is 12.8 Å². The number of piperidine rings is 1. The number of rotatable bonds is 2. The first-order valence-electron chi connectivity index (χ1n) is 7.06. The normalized spacial score (nSPS) is 20.1. The summed E-state index contributed by atoms with van der Waals surface area (Å²) in [4.78, 5) is 22.1. The zero-order valence-corrected chi connectivity index (χ0v) is 11.0. The van der Waals surface area contributed by atoms with Crippen molar-refractivity contribution >= 4 is 11.8 Å². The number of aliphatic carboxylic acids is 1. The number of nitrogens with zero attached hydrogens (tertiary/aromatic N) is 3. The van der Waals surface area contributed by atoms with Gasteiger partial charge >= 0.3 is 5.97 Å². The molecule has 19 heavy (non-hydrogen) atoms. The minimum Gasteiger partial charge on any atom is -0.481 e. The molecule has 1 N–H and O–H groups in total. The largest absolute Gasteiger partial charge is 0.481 e. The van der Waals surface area contributed by atoms with E-state index in [9.17, 15) is 4.79 Å². The van der Waals surface area contributed by atoms with E-state index < -0.39 is 5.97 Å². The van der Waals surface area contributed by atoms with Crippen molar-refractivity contribution in [2.24, 2.45) is 5.92 Å². The van der Waals surface area contributed by atoms with Gasteiger partial charge in [-0.05, 0) is 38.5 Å². The Labute approximate surface area is 112 Å². The van der Waals surface area contributed by atoms with Crippen LogP contribution in [-0.2, 0) is 17.6 Å². The molecular weight excluding hydrogens is 242 g/mol. The van der Waals surface area contributed by atoms with Crippen LogP contribution in [0.4, 0.5) is 5.82 Å². The molecule has 1 fully saturated rings. The summed E-state index contributed by atoms with van der Waals surface area (Å²) in [5.41, 5.74) is 2.49. The molecule has 3 rings (SSSR count). The predicted molar refractivity (Wildman–Crippen MR) is 71.2 cm³/mol. The Morgan fingerprint density at radius 2 is 1.95 bits per heavy atom. The molecule has 0 bridgehead atoms. The second-order valence-electron chi connectivity index (χ2n) is 5.43. The molecule has 0 saturated carbocycles. The van der Waals surface area contributed by atoms with Gasteiger partial charge in [0.05, 0.1) is 5.92 Å². The SMILES string of the molecule is O=C(O)C1CCN(c2ncnc3c2CCCC3)CC1. The lowest BCUT2D eigenvalue weighted by Gasteiger charge is -2.33. The topological polar surface area (TPSA) is 66.3 Å². The Morgan fingerprint density at radius 3 is 2.68 bits per heavy atom. The number of carboxylic acid groups (broad SMARTS) is 1. The molecule has 1 saturated heterocycles. The molecule has 0 spiro atoms. The van der Waals surface area contributed by atoms with Crippen molar-refractivity contribution in [1.29, 1.82) is 0 Å². The molecule has 1 aromatic heterocycles. The molecular formula is C14H19N3O2. The van der Waals surface area contributed by atoms with Gasteiger partial charge in [-0.2, -0.15) is 0 Å². The number of aromatic nitrogens is 2. The quantitative estimate of drug-likeness (QED) is 0.877. The summed E-state index contributed by atoms with van der Waals surface area (Å²) in [6, 6.07) is 0. The van der Waals surface area contributed by atoms with Crippen LogP contribution < -0.4 is 4.90 Å². The average molecular weight is 261 g/mol. The zero-order chi connectivity index (χ0) is 13.2. The van der Waals surface area contributed by atoms with Crippen LogP contribution in [0.3, 0.4) is 0 Å². The van der Waals surface area contributed by atoms with Gasteiger partial charge in [0.25, 0.3) is 0 Å².